The van der Waals surface area contributed by atoms with Crippen LogP contribution in [0.4, 0.5) is 10.1 Å². The van der Waals surface area contributed by atoms with E-state index < -0.39 is 0 Å². The number of halogens is 1. The number of benzene rings is 2. The third-order valence-corrected chi connectivity index (χ3v) is 3.28. The molecule has 0 saturated heterocycles. The van der Waals surface area contributed by atoms with Crippen molar-refractivity contribution in [2.24, 2.45) is 0 Å². The van der Waals surface area contributed by atoms with E-state index >= 15 is 0 Å². The zero-order chi connectivity index (χ0) is 13.4. The lowest BCUT2D eigenvalue weighted by Crippen LogP contribution is -2.19. The Morgan fingerprint density at radius 1 is 1.05 bits per heavy atom. The highest BCUT2D eigenvalue weighted by Crippen LogP contribution is 2.34. The average molecular weight is 253 g/mol. The van der Waals surface area contributed by atoms with E-state index in [-0.39, 0.29) is 11.6 Å². The Bertz CT molecular complexity index is 661. The van der Waals surface area contributed by atoms with Crippen molar-refractivity contribution in [3.05, 3.63) is 77.8 Å². The number of ketones is 1. The molecule has 0 fully saturated rings. The van der Waals surface area contributed by atoms with Crippen LogP contribution in [0.25, 0.3) is 0 Å². The molecule has 0 bridgehead atoms. The molecule has 0 atom stereocenters. The largest absolute Gasteiger partial charge is 0.334 e. The van der Waals surface area contributed by atoms with E-state index in [1.54, 1.807) is 18.2 Å². The van der Waals surface area contributed by atoms with Crippen molar-refractivity contribution in [2.75, 3.05) is 4.90 Å². The summed E-state index contributed by atoms with van der Waals surface area (Å²) in [7, 11) is 0. The summed E-state index contributed by atoms with van der Waals surface area (Å²) in [5.74, 6) is -0.307. The number of Topliss-reactive ketones (excluding diaryl/α,β-unsaturated/α-hetero) is 1. The minimum absolute atomic E-state index is 0.0438. The number of hydrogen-bond donors (Lipinski definition) is 0. The van der Waals surface area contributed by atoms with Crippen molar-refractivity contribution in [3.8, 4) is 0 Å². The maximum atomic E-state index is 12.9. The van der Waals surface area contributed by atoms with E-state index in [2.05, 4.69) is 6.58 Å². The highest BCUT2D eigenvalue weighted by molar-refractivity contribution is 6.18. The van der Waals surface area contributed by atoms with Gasteiger partial charge in [0.2, 0.25) is 5.78 Å². The number of nitrogens with zero attached hydrogens (tertiary/aromatic N) is 1. The zero-order valence-corrected chi connectivity index (χ0v) is 10.3. The van der Waals surface area contributed by atoms with Gasteiger partial charge in [-0.1, -0.05) is 30.8 Å². The molecule has 0 aromatic heterocycles. The number of carbonyl (C=O) groups excluding carboxylic acids is 1. The first-order chi connectivity index (χ1) is 9.16. The number of para-hydroxylation sites is 1. The van der Waals surface area contributed by atoms with Gasteiger partial charge in [-0.05, 0) is 29.8 Å². The van der Waals surface area contributed by atoms with Gasteiger partial charge in [0.15, 0.2) is 0 Å². The van der Waals surface area contributed by atoms with Crippen LogP contribution in [0.15, 0.2) is 60.8 Å². The Kier molecular flexibility index (Phi) is 2.67. The summed E-state index contributed by atoms with van der Waals surface area (Å²) in [4.78, 5) is 13.9. The van der Waals surface area contributed by atoms with Crippen LogP contribution >= 0.6 is 0 Å². The number of carbonyl (C=O) groups is 1. The highest BCUT2D eigenvalue weighted by Gasteiger charge is 2.29. The quantitative estimate of drug-likeness (QED) is 0.763. The molecule has 0 saturated carbocycles. The first-order valence-corrected chi connectivity index (χ1v) is 6.01. The average Bonchev–Trinajstić information content (AvgIpc) is 2.67. The summed E-state index contributed by atoms with van der Waals surface area (Å²) in [6.07, 6.45) is 0. The lowest BCUT2D eigenvalue weighted by Gasteiger charge is -2.19. The molecule has 2 aromatic carbocycles. The smallest absolute Gasteiger partial charge is 0.210 e. The second kappa shape index (κ2) is 4.35. The molecule has 0 radical (unpaired) electrons. The van der Waals surface area contributed by atoms with Crippen LogP contribution in [-0.2, 0) is 6.54 Å². The van der Waals surface area contributed by atoms with Crippen LogP contribution in [0.2, 0.25) is 0 Å². The van der Waals surface area contributed by atoms with E-state index in [1.165, 1.54) is 12.1 Å². The molecule has 3 rings (SSSR count). The van der Waals surface area contributed by atoms with Crippen LogP contribution < -0.4 is 4.90 Å². The van der Waals surface area contributed by atoms with Crippen LogP contribution in [0.1, 0.15) is 15.9 Å². The number of rotatable bonds is 2. The minimum Gasteiger partial charge on any atom is -0.334 e. The van der Waals surface area contributed by atoms with Crippen molar-refractivity contribution >= 4 is 11.5 Å². The molecule has 19 heavy (non-hydrogen) atoms. The molecule has 0 aliphatic carbocycles. The van der Waals surface area contributed by atoms with Gasteiger partial charge in [-0.2, -0.15) is 0 Å². The molecular weight excluding hydrogens is 241 g/mol. The molecule has 0 N–H and O–H groups in total. The molecule has 1 aliphatic rings. The normalized spacial score (nSPS) is 13.8. The standard InChI is InChI=1S/C16H12FNO/c1-11-16(19)14-4-2-3-5-15(14)18(11)10-12-6-8-13(17)9-7-12/h2-9H,1,10H2. The van der Waals surface area contributed by atoms with Crippen LogP contribution in [0, 0.1) is 5.82 Å². The molecule has 94 valence electrons. The Balaban J connectivity index is 1.95. The number of allylic oxidation sites excluding steroid dienone is 1. The fourth-order valence-electron chi connectivity index (χ4n) is 2.28. The van der Waals surface area contributed by atoms with Crippen LogP contribution in [0.3, 0.4) is 0 Å². The molecule has 1 heterocycles. The first kappa shape index (κ1) is 11.7. The monoisotopic (exact) mass is 253 g/mol. The maximum Gasteiger partial charge on any atom is 0.210 e. The SMILES string of the molecule is C=C1C(=O)c2ccccc2N1Cc1ccc(F)cc1. The molecule has 2 aromatic rings. The number of anilines is 1. The van der Waals surface area contributed by atoms with Crippen molar-refractivity contribution in [2.45, 2.75) is 6.54 Å². The second-order valence-corrected chi connectivity index (χ2v) is 4.51. The topological polar surface area (TPSA) is 20.3 Å². The van der Waals surface area contributed by atoms with Crippen LogP contribution in [0.5, 0.6) is 0 Å². The molecule has 2 nitrogen and oxygen atoms in total. The summed E-state index contributed by atoms with van der Waals surface area (Å²) in [5, 5.41) is 0. The first-order valence-electron chi connectivity index (χ1n) is 6.01. The van der Waals surface area contributed by atoms with Crippen molar-refractivity contribution in [3.63, 3.8) is 0 Å². The van der Waals surface area contributed by atoms with E-state index in [1.807, 2.05) is 23.1 Å². The van der Waals surface area contributed by atoms with Gasteiger partial charge in [0.05, 0.1) is 11.4 Å². The van der Waals surface area contributed by atoms with Crippen molar-refractivity contribution in [1.29, 1.82) is 0 Å². The zero-order valence-electron chi connectivity index (χ0n) is 10.3. The van der Waals surface area contributed by atoms with Crippen molar-refractivity contribution in [1.82, 2.24) is 0 Å². The minimum atomic E-state index is -0.263. The summed E-state index contributed by atoms with van der Waals surface area (Å²) < 4.78 is 12.9. The predicted molar refractivity (Wildman–Crippen MR) is 72.5 cm³/mol. The van der Waals surface area contributed by atoms with Crippen molar-refractivity contribution < 1.29 is 9.18 Å². The lowest BCUT2D eigenvalue weighted by atomic mass is 10.1. The Labute approximate surface area is 110 Å². The summed E-state index contributed by atoms with van der Waals surface area (Å²) in [6.45, 7) is 4.36. The molecule has 1 aliphatic heterocycles. The van der Waals surface area contributed by atoms with E-state index in [9.17, 15) is 9.18 Å². The van der Waals surface area contributed by atoms with E-state index in [4.69, 9.17) is 0 Å². The van der Waals surface area contributed by atoms with E-state index in [0.717, 1.165) is 11.3 Å². The van der Waals surface area contributed by atoms with Gasteiger partial charge >= 0.3 is 0 Å². The van der Waals surface area contributed by atoms with Gasteiger partial charge in [-0.3, -0.25) is 4.79 Å². The van der Waals surface area contributed by atoms with Gasteiger partial charge < -0.3 is 4.90 Å². The molecule has 0 spiro atoms. The molecule has 3 heteroatoms. The van der Waals surface area contributed by atoms with Gasteiger partial charge in [-0.25, -0.2) is 4.39 Å². The predicted octanol–water partition coefficient (Wildman–Crippen LogP) is 3.54. The maximum absolute atomic E-state index is 12.9. The summed E-state index contributed by atoms with van der Waals surface area (Å²) >= 11 is 0. The van der Waals surface area contributed by atoms with E-state index in [0.29, 0.717) is 17.8 Å². The fraction of sp³-hybridized carbons (Fsp3) is 0.0625. The second-order valence-electron chi connectivity index (χ2n) is 4.51. The Morgan fingerprint density at radius 2 is 1.74 bits per heavy atom. The number of hydrogen-bond acceptors (Lipinski definition) is 2. The van der Waals surface area contributed by atoms with Gasteiger partial charge in [0.25, 0.3) is 0 Å². The lowest BCUT2D eigenvalue weighted by molar-refractivity contribution is 0.103. The van der Waals surface area contributed by atoms with Gasteiger partial charge in [0.1, 0.15) is 5.82 Å². The highest BCUT2D eigenvalue weighted by atomic mass is 19.1. The molecule has 0 amide bonds. The summed E-state index contributed by atoms with van der Waals surface area (Å²) in [6, 6.07) is 13.7. The Hall–Kier alpha value is -2.42. The third-order valence-electron chi connectivity index (χ3n) is 3.28. The van der Waals surface area contributed by atoms with Crippen LogP contribution in [-0.4, -0.2) is 5.78 Å². The third kappa shape index (κ3) is 1.93. The fourth-order valence-corrected chi connectivity index (χ4v) is 2.28. The number of fused-ring (bicyclic) bond motifs is 1. The molecular formula is C16H12FNO. The molecule has 0 unspecified atom stereocenters. The summed E-state index contributed by atoms with van der Waals surface area (Å²) in [5.41, 5.74) is 2.94. The van der Waals surface area contributed by atoms with Gasteiger partial charge in [-0.15, -0.1) is 0 Å². The Morgan fingerprint density at radius 3 is 2.47 bits per heavy atom. The van der Waals surface area contributed by atoms with Gasteiger partial charge in [0, 0.05) is 12.1 Å².